The Morgan fingerprint density at radius 3 is 3.00 bits per heavy atom. The van der Waals surface area contributed by atoms with Gasteiger partial charge in [-0.25, -0.2) is 8.42 Å². The third-order valence-corrected chi connectivity index (χ3v) is 5.49. The molecule has 2 heterocycles. The van der Waals surface area contributed by atoms with E-state index in [0.29, 0.717) is 18.0 Å². The van der Waals surface area contributed by atoms with Crippen molar-refractivity contribution in [2.45, 2.75) is 18.1 Å². The number of rotatable bonds is 4. The van der Waals surface area contributed by atoms with E-state index in [-0.39, 0.29) is 10.2 Å². The maximum atomic E-state index is 11.7. The van der Waals surface area contributed by atoms with Crippen LogP contribution in [0.2, 0.25) is 0 Å². The first-order chi connectivity index (χ1) is 8.49. The van der Waals surface area contributed by atoms with Crippen LogP contribution in [-0.2, 0) is 9.84 Å². The fourth-order valence-electron chi connectivity index (χ4n) is 1.99. The van der Waals surface area contributed by atoms with Gasteiger partial charge in [-0.2, -0.15) is 0 Å². The number of pyridine rings is 1. The topological polar surface area (TPSA) is 85.1 Å². The normalized spacial score (nSPS) is 21.7. The zero-order valence-corrected chi connectivity index (χ0v) is 11.4. The van der Waals surface area contributed by atoms with Gasteiger partial charge in [0.25, 0.3) is 0 Å². The highest BCUT2D eigenvalue weighted by molar-refractivity contribution is 7.92. The van der Waals surface area contributed by atoms with Crippen LogP contribution in [0.15, 0.2) is 18.3 Å². The summed E-state index contributed by atoms with van der Waals surface area (Å²) in [5.41, 5.74) is 6.81. The van der Waals surface area contributed by atoms with Gasteiger partial charge in [-0.1, -0.05) is 12.2 Å². The minimum atomic E-state index is -2.91. The van der Waals surface area contributed by atoms with Crippen molar-refractivity contribution in [2.24, 2.45) is 5.73 Å². The lowest BCUT2D eigenvalue weighted by Crippen LogP contribution is -2.25. The van der Waals surface area contributed by atoms with Gasteiger partial charge in [-0.15, -0.1) is 0 Å². The van der Waals surface area contributed by atoms with Crippen LogP contribution in [0.25, 0.3) is 0 Å². The van der Waals surface area contributed by atoms with Gasteiger partial charge in [-0.05, 0) is 25.0 Å². The van der Waals surface area contributed by atoms with Crippen LogP contribution < -0.4 is 11.1 Å². The Hall–Kier alpha value is -1.21. The summed E-state index contributed by atoms with van der Waals surface area (Å²) in [4.78, 5) is 4.25. The van der Waals surface area contributed by atoms with Crippen LogP contribution in [0.1, 0.15) is 18.5 Å². The second kappa shape index (κ2) is 5.19. The third-order valence-electron chi connectivity index (χ3n) is 3.01. The van der Waals surface area contributed by atoms with Crippen molar-refractivity contribution in [3.63, 3.8) is 0 Å². The number of anilines is 1. The number of nitrogens with two attached hydrogens (primary N) is 1. The van der Waals surface area contributed by atoms with Crippen LogP contribution in [0.4, 0.5) is 5.69 Å². The van der Waals surface area contributed by atoms with E-state index in [1.165, 1.54) is 0 Å². The summed E-state index contributed by atoms with van der Waals surface area (Å²) < 4.78 is 23.3. The standard InChI is InChI=1S/C11H15N3O2S2/c12-11(17)10-6-8(3-4-13-10)14-7-9-2-1-5-18(9,15)16/h3-4,6,9H,1-2,5,7H2,(H2,12,17)(H,13,14). The Morgan fingerprint density at radius 2 is 2.39 bits per heavy atom. The van der Waals surface area contributed by atoms with Crippen LogP contribution in [0.3, 0.4) is 0 Å². The Balaban J connectivity index is 2.02. The van der Waals surface area contributed by atoms with Crippen LogP contribution >= 0.6 is 12.2 Å². The molecule has 0 spiro atoms. The van der Waals surface area contributed by atoms with Gasteiger partial charge in [0, 0.05) is 18.4 Å². The van der Waals surface area contributed by atoms with Crippen LogP contribution in [0.5, 0.6) is 0 Å². The zero-order valence-electron chi connectivity index (χ0n) is 9.80. The molecular weight excluding hydrogens is 270 g/mol. The molecule has 18 heavy (non-hydrogen) atoms. The highest BCUT2D eigenvalue weighted by Crippen LogP contribution is 2.20. The van der Waals surface area contributed by atoms with Gasteiger partial charge in [0.2, 0.25) is 0 Å². The first-order valence-corrected chi connectivity index (χ1v) is 7.83. The van der Waals surface area contributed by atoms with Crippen molar-refractivity contribution in [3.05, 3.63) is 24.0 Å². The van der Waals surface area contributed by atoms with Crippen molar-refractivity contribution in [1.82, 2.24) is 4.98 Å². The van der Waals surface area contributed by atoms with Crippen molar-refractivity contribution < 1.29 is 8.42 Å². The maximum Gasteiger partial charge on any atom is 0.154 e. The lowest BCUT2D eigenvalue weighted by Gasteiger charge is -2.12. The average molecular weight is 285 g/mol. The molecule has 0 amide bonds. The van der Waals surface area contributed by atoms with Gasteiger partial charge >= 0.3 is 0 Å². The van der Waals surface area contributed by atoms with Gasteiger partial charge in [0.05, 0.1) is 16.7 Å². The molecule has 1 aliphatic heterocycles. The molecule has 7 heteroatoms. The number of hydrogen-bond donors (Lipinski definition) is 2. The lowest BCUT2D eigenvalue weighted by molar-refractivity contribution is 0.591. The van der Waals surface area contributed by atoms with E-state index in [1.807, 2.05) is 0 Å². The van der Waals surface area contributed by atoms with Crippen molar-refractivity contribution >= 4 is 32.7 Å². The summed E-state index contributed by atoms with van der Waals surface area (Å²) in [7, 11) is -2.91. The largest absolute Gasteiger partial charge is 0.388 e. The average Bonchev–Trinajstić information content (AvgIpc) is 2.66. The lowest BCUT2D eigenvalue weighted by atomic mass is 10.2. The minimum absolute atomic E-state index is 0.229. The van der Waals surface area contributed by atoms with E-state index >= 15 is 0 Å². The molecule has 0 saturated carbocycles. The number of nitrogens with zero attached hydrogens (tertiary/aromatic N) is 1. The molecule has 1 aromatic heterocycles. The maximum absolute atomic E-state index is 11.7. The molecule has 98 valence electrons. The second-order valence-corrected chi connectivity index (χ2v) is 7.15. The Kier molecular flexibility index (Phi) is 3.82. The molecule has 0 aromatic carbocycles. The van der Waals surface area contributed by atoms with Gasteiger partial charge in [0.1, 0.15) is 4.99 Å². The fourth-order valence-corrected chi connectivity index (χ4v) is 3.87. The highest BCUT2D eigenvalue weighted by atomic mass is 32.2. The number of aromatic nitrogens is 1. The molecule has 5 nitrogen and oxygen atoms in total. The number of hydrogen-bond acceptors (Lipinski definition) is 5. The first kappa shape index (κ1) is 13.2. The molecule has 1 saturated heterocycles. The van der Waals surface area contributed by atoms with Crippen molar-refractivity contribution in [1.29, 1.82) is 0 Å². The highest BCUT2D eigenvalue weighted by Gasteiger charge is 2.30. The fraction of sp³-hybridized carbons (Fsp3) is 0.455. The van der Waals surface area contributed by atoms with E-state index in [2.05, 4.69) is 10.3 Å². The van der Waals surface area contributed by atoms with E-state index in [4.69, 9.17) is 18.0 Å². The zero-order chi connectivity index (χ0) is 13.2. The van der Waals surface area contributed by atoms with Gasteiger partial charge in [0.15, 0.2) is 9.84 Å². The number of sulfone groups is 1. The summed E-state index contributed by atoms with van der Waals surface area (Å²) in [6.45, 7) is 0.420. The minimum Gasteiger partial charge on any atom is -0.388 e. The summed E-state index contributed by atoms with van der Waals surface area (Å²) in [6, 6.07) is 3.49. The summed E-state index contributed by atoms with van der Waals surface area (Å²) in [5, 5.41) is 2.81. The van der Waals surface area contributed by atoms with E-state index in [1.54, 1.807) is 18.3 Å². The molecule has 1 aliphatic rings. The Morgan fingerprint density at radius 1 is 1.61 bits per heavy atom. The molecule has 1 unspecified atom stereocenters. The monoisotopic (exact) mass is 285 g/mol. The van der Waals surface area contributed by atoms with Crippen LogP contribution in [0, 0.1) is 0 Å². The first-order valence-electron chi connectivity index (χ1n) is 5.70. The Labute approximate surface area is 112 Å². The molecule has 0 radical (unpaired) electrons. The number of thiocarbonyl (C=S) groups is 1. The molecule has 0 bridgehead atoms. The van der Waals surface area contributed by atoms with E-state index in [0.717, 1.165) is 18.5 Å². The van der Waals surface area contributed by atoms with Gasteiger partial charge in [-0.3, -0.25) is 4.98 Å². The third kappa shape index (κ3) is 2.97. The molecule has 1 atom stereocenters. The molecule has 0 aliphatic carbocycles. The predicted molar refractivity (Wildman–Crippen MR) is 75.4 cm³/mol. The summed E-state index contributed by atoms with van der Waals surface area (Å²) in [5.74, 6) is 0.299. The molecular formula is C11H15N3O2S2. The SMILES string of the molecule is NC(=S)c1cc(NCC2CCCS2(=O)=O)ccn1. The smallest absolute Gasteiger partial charge is 0.154 e. The summed E-state index contributed by atoms with van der Waals surface area (Å²) >= 11 is 4.84. The second-order valence-electron chi connectivity index (χ2n) is 4.31. The predicted octanol–water partition coefficient (Wildman–Crippen LogP) is 0.705. The van der Waals surface area contributed by atoms with E-state index in [9.17, 15) is 8.42 Å². The van der Waals surface area contributed by atoms with Crippen LogP contribution in [-0.4, -0.2) is 35.9 Å². The van der Waals surface area contributed by atoms with Crippen molar-refractivity contribution in [3.8, 4) is 0 Å². The number of nitrogens with one attached hydrogen (secondary N) is 1. The Bertz CT molecular complexity index is 557. The molecule has 1 aromatic rings. The molecule has 2 rings (SSSR count). The van der Waals surface area contributed by atoms with Crippen molar-refractivity contribution in [2.75, 3.05) is 17.6 Å². The van der Waals surface area contributed by atoms with Gasteiger partial charge < -0.3 is 11.1 Å². The van der Waals surface area contributed by atoms with E-state index < -0.39 is 9.84 Å². The molecule has 1 fully saturated rings. The summed E-state index contributed by atoms with van der Waals surface area (Å²) in [6.07, 6.45) is 3.08. The molecule has 3 N–H and O–H groups in total. The quantitative estimate of drug-likeness (QED) is 0.792.